The van der Waals surface area contributed by atoms with Gasteiger partial charge in [0, 0.05) is 13.1 Å². The summed E-state index contributed by atoms with van der Waals surface area (Å²) in [5.74, 6) is 2.00. The highest BCUT2D eigenvalue weighted by Gasteiger charge is 2.20. The number of likely N-dealkylation sites (N-methyl/N-ethyl adjacent to an activating group) is 1. The molecule has 0 saturated heterocycles. The first-order chi connectivity index (χ1) is 8.76. The van der Waals surface area contributed by atoms with Crippen LogP contribution in [0.1, 0.15) is 58.8 Å². The van der Waals surface area contributed by atoms with E-state index >= 15 is 0 Å². The van der Waals surface area contributed by atoms with Gasteiger partial charge in [-0.3, -0.25) is 0 Å². The van der Waals surface area contributed by atoms with Gasteiger partial charge in [0.05, 0.1) is 0 Å². The van der Waals surface area contributed by atoms with Crippen molar-refractivity contribution in [3.8, 4) is 0 Å². The van der Waals surface area contributed by atoms with Gasteiger partial charge in [0.25, 0.3) is 0 Å². The molecular weight excluding hydrogens is 220 g/mol. The van der Waals surface area contributed by atoms with E-state index in [4.69, 9.17) is 0 Å². The maximum atomic E-state index is 3.64. The molecule has 1 rings (SSSR count). The number of nitrogens with zero attached hydrogens (tertiary/aromatic N) is 1. The molecule has 1 N–H and O–H groups in total. The summed E-state index contributed by atoms with van der Waals surface area (Å²) in [6.45, 7) is 9.27. The molecule has 0 aromatic heterocycles. The van der Waals surface area contributed by atoms with E-state index in [2.05, 4.69) is 31.1 Å². The molecule has 2 nitrogen and oxygen atoms in total. The standard InChI is InChI=1S/C16H34N2/c1-4-6-7-15-8-10-16(11-9-15)14-17-12-13-18(3)5-2/h15-17H,4-14H2,1-3H3. The Kier molecular flexibility index (Phi) is 8.70. The number of nitrogens with one attached hydrogen (secondary N) is 1. The summed E-state index contributed by atoms with van der Waals surface area (Å²) in [6.07, 6.45) is 10.2. The molecule has 0 bridgehead atoms. The summed E-state index contributed by atoms with van der Waals surface area (Å²) < 4.78 is 0. The molecule has 0 aromatic carbocycles. The molecule has 0 unspecified atom stereocenters. The van der Waals surface area contributed by atoms with Gasteiger partial charge in [0.2, 0.25) is 0 Å². The van der Waals surface area contributed by atoms with Crippen LogP contribution in [0, 0.1) is 11.8 Å². The molecule has 1 aliphatic carbocycles. The van der Waals surface area contributed by atoms with Crippen LogP contribution < -0.4 is 5.32 Å². The summed E-state index contributed by atoms with van der Waals surface area (Å²) in [7, 11) is 2.20. The van der Waals surface area contributed by atoms with E-state index < -0.39 is 0 Å². The molecule has 0 spiro atoms. The fraction of sp³-hybridized carbons (Fsp3) is 1.00. The van der Waals surface area contributed by atoms with Crippen molar-refractivity contribution in [2.24, 2.45) is 11.8 Å². The van der Waals surface area contributed by atoms with Crippen molar-refractivity contribution < 1.29 is 0 Å². The fourth-order valence-electron chi connectivity index (χ4n) is 2.95. The molecule has 18 heavy (non-hydrogen) atoms. The second-order valence-corrected chi connectivity index (χ2v) is 6.13. The molecule has 108 valence electrons. The molecule has 0 heterocycles. The average molecular weight is 254 g/mol. The summed E-state index contributed by atoms with van der Waals surface area (Å²) in [5, 5.41) is 3.64. The Morgan fingerprint density at radius 1 is 1.06 bits per heavy atom. The topological polar surface area (TPSA) is 15.3 Å². The number of unbranched alkanes of at least 4 members (excludes halogenated alkanes) is 1. The van der Waals surface area contributed by atoms with Gasteiger partial charge < -0.3 is 10.2 Å². The second kappa shape index (κ2) is 9.80. The van der Waals surface area contributed by atoms with Crippen molar-refractivity contribution in [2.75, 3.05) is 33.2 Å². The predicted molar refractivity (Wildman–Crippen MR) is 81.0 cm³/mol. The van der Waals surface area contributed by atoms with Gasteiger partial charge in [0.15, 0.2) is 0 Å². The van der Waals surface area contributed by atoms with Crippen LogP contribution in [0.25, 0.3) is 0 Å². The van der Waals surface area contributed by atoms with E-state index in [1.54, 1.807) is 0 Å². The monoisotopic (exact) mass is 254 g/mol. The lowest BCUT2D eigenvalue weighted by Crippen LogP contribution is -2.33. The molecule has 0 atom stereocenters. The lowest BCUT2D eigenvalue weighted by atomic mass is 9.80. The van der Waals surface area contributed by atoms with Crippen molar-refractivity contribution in [1.29, 1.82) is 0 Å². The zero-order valence-electron chi connectivity index (χ0n) is 12.9. The minimum atomic E-state index is 0.954. The second-order valence-electron chi connectivity index (χ2n) is 6.13. The Labute approximate surface area is 115 Å². The molecule has 0 aliphatic heterocycles. The van der Waals surface area contributed by atoms with Crippen molar-refractivity contribution >= 4 is 0 Å². The van der Waals surface area contributed by atoms with E-state index in [0.717, 1.165) is 24.9 Å². The zero-order valence-corrected chi connectivity index (χ0v) is 12.9. The Morgan fingerprint density at radius 2 is 1.72 bits per heavy atom. The summed E-state index contributed by atoms with van der Waals surface area (Å²) in [6, 6.07) is 0. The van der Waals surface area contributed by atoms with Crippen LogP contribution in [0.4, 0.5) is 0 Å². The summed E-state index contributed by atoms with van der Waals surface area (Å²) in [4.78, 5) is 2.37. The third-order valence-corrected chi connectivity index (χ3v) is 4.58. The number of hydrogen-bond acceptors (Lipinski definition) is 2. The number of hydrogen-bond donors (Lipinski definition) is 1. The molecule has 0 radical (unpaired) electrons. The van der Waals surface area contributed by atoms with E-state index in [9.17, 15) is 0 Å². The maximum absolute atomic E-state index is 3.64. The lowest BCUT2D eigenvalue weighted by molar-refractivity contribution is 0.250. The van der Waals surface area contributed by atoms with Crippen molar-refractivity contribution in [3.63, 3.8) is 0 Å². The number of rotatable bonds is 9. The highest BCUT2D eigenvalue weighted by molar-refractivity contribution is 4.74. The smallest absolute Gasteiger partial charge is 0.0104 e. The normalized spacial score (nSPS) is 24.7. The highest BCUT2D eigenvalue weighted by atomic mass is 15.1. The minimum Gasteiger partial charge on any atom is -0.315 e. The van der Waals surface area contributed by atoms with Crippen LogP contribution >= 0.6 is 0 Å². The summed E-state index contributed by atoms with van der Waals surface area (Å²) in [5.41, 5.74) is 0. The molecule has 0 amide bonds. The van der Waals surface area contributed by atoms with Gasteiger partial charge in [0.1, 0.15) is 0 Å². The van der Waals surface area contributed by atoms with E-state index in [1.807, 2.05) is 0 Å². The maximum Gasteiger partial charge on any atom is 0.0104 e. The Balaban J connectivity index is 1.98. The molecule has 1 aliphatic rings. The summed E-state index contributed by atoms with van der Waals surface area (Å²) >= 11 is 0. The third kappa shape index (κ3) is 6.75. The predicted octanol–water partition coefficient (Wildman–Crippen LogP) is 3.52. The van der Waals surface area contributed by atoms with Gasteiger partial charge in [-0.05, 0) is 44.8 Å². The van der Waals surface area contributed by atoms with Gasteiger partial charge in [-0.1, -0.05) is 46.0 Å². The molecule has 1 saturated carbocycles. The highest BCUT2D eigenvalue weighted by Crippen LogP contribution is 2.31. The van der Waals surface area contributed by atoms with Crippen LogP contribution in [0.15, 0.2) is 0 Å². The van der Waals surface area contributed by atoms with Gasteiger partial charge in [-0.2, -0.15) is 0 Å². The SMILES string of the molecule is CCCCC1CCC(CNCCN(C)CC)CC1. The Morgan fingerprint density at radius 3 is 2.33 bits per heavy atom. The average Bonchev–Trinajstić information content (AvgIpc) is 2.42. The molecular formula is C16H34N2. The van der Waals surface area contributed by atoms with Crippen LogP contribution in [0.2, 0.25) is 0 Å². The molecule has 2 heteroatoms. The van der Waals surface area contributed by atoms with Crippen LogP contribution in [-0.4, -0.2) is 38.1 Å². The van der Waals surface area contributed by atoms with Crippen molar-refractivity contribution in [3.05, 3.63) is 0 Å². The van der Waals surface area contributed by atoms with Gasteiger partial charge in [-0.25, -0.2) is 0 Å². The third-order valence-electron chi connectivity index (χ3n) is 4.58. The van der Waals surface area contributed by atoms with Crippen molar-refractivity contribution in [2.45, 2.75) is 58.8 Å². The lowest BCUT2D eigenvalue weighted by Gasteiger charge is -2.29. The largest absolute Gasteiger partial charge is 0.315 e. The van der Waals surface area contributed by atoms with E-state index in [0.29, 0.717) is 0 Å². The van der Waals surface area contributed by atoms with Crippen LogP contribution in [0.5, 0.6) is 0 Å². The fourth-order valence-corrected chi connectivity index (χ4v) is 2.95. The van der Waals surface area contributed by atoms with E-state index in [-0.39, 0.29) is 0 Å². The van der Waals surface area contributed by atoms with Crippen LogP contribution in [0.3, 0.4) is 0 Å². The Bertz CT molecular complexity index is 186. The molecule has 1 fully saturated rings. The quantitative estimate of drug-likeness (QED) is 0.633. The molecule has 0 aromatic rings. The zero-order chi connectivity index (χ0) is 13.2. The van der Waals surface area contributed by atoms with Crippen molar-refractivity contribution in [1.82, 2.24) is 10.2 Å². The van der Waals surface area contributed by atoms with Gasteiger partial charge in [-0.15, -0.1) is 0 Å². The van der Waals surface area contributed by atoms with Crippen LogP contribution in [-0.2, 0) is 0 Å². The first-order valence-corrected chi connectivity index (χ1v) is 8.15. The Hall–Kier alpha value is -0.0800. The first kappa shape index (κ1) is 16.0. The minimum absolute atomic E-state index is 0.954. The van der Waals surface area contributed by atoms with E-state index in [1.165, 1.54) is 58.0 Å². The first-order valence-electron chi connectivity index (χ1n) is 8.15. The van der Waals surface area contributed by atoms with Gasteiger partial charge >= 0.3 is 0 Å².